The van der Waals surface area contributed by atoms with Crippen molar-refractivity contribution in [1.82, 2.24) is 0 Å². The second-order valence-corrected chi connectivity index (χ2v) is 23.0. The summed E-state index contributed by atoms with van der Waals surface area (Å²) in [6, 6.07) is 97.5. The lowest BCUT2D eigenvalue weighted by atomic mass is 9.70. The van der Waals surface area contributed by atoms with Crippen molar-refractivity contribution < 1.29 is 4.39 Å². The summed E-state index contributed by atoms with van der Waals surface area (Å²) >= 11 is 0. The van der Waals surface area contributed by atoms with Gasteiger partial charge in [-0.1, -0.05) is 209 Å². The van der Waals surface area contributed by atoms with Crippen LogP contribution in [-0.2, 0) is 10.8 Å². The molecule has 0 N–H and O–H groups in total. The Morgan fingerprint density at radius 2 is 0.826 bits per heavy atom. The fourth-order valence-corrected chi connectivity index (χ4v) is 14.1. The van der Waals surface area contributed by atoms with E-state index in [0.717, 1.165) is 107 Å². The number of nitriles is 1. The van der Waals surface area contributed by atoms with Gasteiger partial charge in [-0.25, -0.2) is 4.39 Å². The number of fused-ring (bicyclic) bond motifs is 13. The number of hydrogen-bond donors (Lipinski definition) is 0. The Labute approximate surface area is 502 Å². The number of benzene rings is 12. The summed E-state index contributed by atoms with van der Waals surface area (Å²) in [6.07, 6.45) is 3.70. The van der Waals surface area contributed by atoms with Gasteiger partial charge >= 0.3 is 0 Å². The molecule has 0 fully saturated rings. The summed E-state index contributed by atoms with van der Waals surface area (Å²) < 4.78 is 19.3. The minimum absolute atomic E-state index is 0.153. The zero-order chi connectivity index (χ0) is 58.3. The molecule has 0 radical (unpaired) electrons. The highest BCUT2D eigenvalue weighted by Gasteiger charge is 2.53. The van der Waals surface area contributed by atoms with Gasteiger partial charge in [0, 0.05) is 45.1 Å². The highest BCUT2D eigenvalue weighted by Crippen LogP contribution is 2.65. The van der Waals surface area contributed by atoms with Crippen LogP contribution in [-0.4, -0.2) is 0 Å². The Kier molecular flexibility index (Phi) is 12.3. The molecular weight excluding hydrogens is 1050 g/mol. The smallest absolute Gasteiger partial charge is 0.171 e. The van der Waals surface area contributed by atoms with Gasteiger partial charge in [-0.2, -0.15) is 5.26 Å². The SMILES string of the molecule is C=Cc1ccc(N(c2cccc(N(c3ccccc3)c3cccc(N(c4ccc(C=C)cc4)c4cccc5c4-c4ccccc4C54c5ccc(C#N)cc5-c5cc(-c6ccccc6)ccc54)c3F)c2)c2ccc3c(c2)-c2ccccc2C3(C)C)cc1. The lowest BCUT2D eigenvalue weighted by Gasteiger charge is -2.33. The van der Waals surface area contributed by atoms with Crippen molar-refractivity contribution in [1.29, 1.82) is 5.26 Å². The Morgan fingerprint density at radius 1 is 0.360 bits per heavy atom. The maximum atomic E-state index is 19.3. The summed E-state index contributed by atoms with van der Waals surface area (Å²) in [5.74, 6) is -0.404. The van der Waals surface area contributed by atoms with E-state index in [1.807, 2.05) is 89.8 Å². The number of rotatable bonds is 12. The van der Waals surface area contributed by atoms with Crippen LogP contribution in [0.2, 0.25) is 0 Å². The first-order valence-corrected chi connectivity index (χ1v) is 29.2. The molecule has 0 amide bonds. The molecule has 0 saturated carbocycles. The third kappa shape index (κ3) is 7.95. The van der Waals surface area contributed by atoms with Gasteiger partial charge in [0.15, 0.2) is 5.82 Å². The maximum Gasteiger partial charge on any atom is 0.171 e. The van der Waals surface area contributed by atoms with E-state index in [0.29, 0.717) is 16.9 Å². The second kappa shape index (κ2) is 20.4. The van der Waals surface area contributed by atoms with Crippen molar-refractivity contribution in [2.75, 3.05) is 14.7 Å². The number of nitrogens with zero attached hydrogens (tertiary/aromatic N) is 4. The van der Waals surface area contributed by atoms with Gasteiger partial charge in [0.1, 0.15) is 0 Å². The fourth-order valence-electron chi connectivity index (χ4n) is 14.1. The molecule has 0 aliphatic heterocycles. The van der Waals surface area contributed by atoms with E-state index in [4.69, 9.17) is 0 Å². The largest absolute Gasteiger partial charge is 0.310 e. The highest BCUT2D eigenvalue weighted by molar-refractivity contribution is 6.02. The predicted octanol–water partition coefficient (Wildman–Crippen LogP) is 21.7. The van der Waals surface area contributed by atoms with Crippen LogP contribution in [0.5, 0.6) is 0 Å². The van der Waals surface area contributed by atoms with E-state index in [9.17, 15) is 5.26 Å². The average Bonchev–Trinajstić information content (AvgIpc) is 1.51. The fraction of sp³-hybridized carbons (Fsp3) is 0.0494. The topological polar surface area (TPSA) is 33.5 Å². The Bertz CT molecular complexity index is 4750. The molecule has 15 rings (SSSR count). The standard InChI is InChI=1S/C81H57FN4/c1-5-53-34-40-59(41-35-53)84(63-44-47-70-68(51-63)64-26-13-15-28-69(64)80(70,3)4)61-24-17-25-62(50-61)85(58-22-11-8-12-23-58)76-32-19-33-77(79(76)82)86(60-42-36-54(6-2)37-43-60)75-31-18-30-74-78(75)65-27-14-16-29-71(65)81(74)72-45-38-55(52-83)48-66(72)67-49-57(39-46-73(67)81)56-20-9-7-10-21-56/h5-51H,1-2H2,3-4H3. The van der Waals surface area contributed by atoms with Crippen LogP contribution in [0.15, 0.2) is 286 Å². The summed E-state index contributed by atoms with van der Waals surface area (Å²) in [6.45, 7) is 12.8. The van der Waals surface area contributed by atoms with Gasteiger partial charge in [0.25, 0.3) is 0 Å². The summed E-state index contributed by atoms with van der Waals surface area (Å²) in [4.78, 5) is 6.42. The molecule has 3 aliphatic carbocycles. The molecule has 0 bridgehead atoms. The zero-order valence-corrected chi connectivity index (χ0v) is 47.7. The minimum Gasteiger partial charge on any atom is -0.310 e. The van der Waals surface area contributed by atoms with E-state index in [1.54, 1.807) is 0 Å². The Balaban J connectivity index is 0.918. The number of hydrogen-bond acceptors (Lipinski definition) is 4. The molecular formula is C81H57FN4. The third-order valence-corrected chi connectivity index (χ3v) is 18.1. The Hall–Kier alpha value is -11.1. The molecule has 1 atom stereocenters. The molecule has 0 saturated heterocycles. The lowest BCUT2D eigenvalue weighted by Crippen LogP contribution is -2.26. The average molecular weight is 1110 g/mol. The normalized spacial score (nSPS) is 14.2. The molecule has 5 heteroatoms. The van der Waals surface area contributed by atoms with Crippen LogP contribution >= 0.6 is 0 Å². The summed E-state index contributed by atoms with van der Waals surface area (Å²) in [7, 11) is 0. The van der Waals surface area contributed by atoms with Gasteiger partial charge in [0.2, 0.25) is 0 Å². The van der Waals surface area contributed by atoms with Gasteiger partial charge in [-0.15, -0.1) is 0 Å². The predicted molar refractivity (Wildman–Crippen MR) is 355 cm³/mol. The first-order valence-electron chi connectivity index (χ1n) is 29.2. The van der Waals surface area contributed by atoms with Crippen LogP contribution in [0.25, 0.3) is 56.7 Å². The van der Waals surface area contributed by atoms with Crippen molar-refractivity contribution in [3.05, 3.63) is 342 Å². The van der Waals surface area contributed by atoms with E-state index in [2.05, 4.69) is 243 Å². The van der Waals surface area contributed by atoms with Crippen LogP contribution in [0.4, 0.5) is 55.6 Å². The van der Waals surface area contributed by atoms with Crippen LogP contribution in [0.3, 0.4) is 0 Å². The van der Waals surface area contributed by atoms with E-state index in [-0.39, 0.29) is 5.41 Å². The van der Waals surface area contributed by atoms with Crippen molar-refractivity contribution >= 4 is 63.3 Å². The highest BCUT2D eigenvalue weighted by atomic mass is 19.1. The molecule has 0 heterocycles. The van der Waals surface area contributed by atoms with Crippen LogP contribution in [0, 0.1) is 17.1 Å². The van der Waals surface area contributed by atoms with Gasteiger partial charge in [0.05, 0.1) is 34.1 Å². The molecule has 3 aliphatic rings. The minimum atomic E-state index is -0.758. The third-order valence-electron chi connectivity index (χ3n) is 18.1. The van der Waals surface area contributed by atoms with E-state index in [1.165, 1.54) is 22.3 Å². The molecule has 12 aromatic carbocycles. The zero-order valence-electron chi connectivity index (χ0n) is 47.7. The molecule has 0 aromatic heterocycles. The number of para-hydroxylation sites is 1. The van der Waals surface area contributed by atoms with E-state index >= 15 is 4.39 Å². The first-order chi connectivity index (χ1) is 42.2. The molecule has 1 unspecified atom stereocenters. The number of halogens is 1. The molecule has 408 valence electrons. The second-order valence-electron chi connectivity index (χ2n) is 23.0. The van der Waals surface area contributed by atoms with Crippen LogP contribution < -0.4 is 14.7 Å². The van der Waals surface area contributed by atoms with Crippen molar-refractivity contribution in [3.8, 4) is 50.6 Å². The monoisotopic (exact) mass is 1100 g/mol. The van der Waals surface area contributed by atoms with Gasteiger partial charge in [-0.3, -0.25) is 0 Å². The molecule has 86 heavy (non-hydrogen) atoms. The molecule has 12 aromatic rings. The van der Waals surface area contributed by atoms with Crippen molar-refractivity contribution in [3.63, 3.8) is 0 Å². The Morgan fingerprint density at radius 3 is 1.52 bits per heavy atom. The summed E-state index contributed by atoms with van der Waals surface area (Å²) in [5, 5.41) is 10.4. The lowest BCUT2D eigenvalue weighted by molar-refractivity contribution is 0.630. The maximum absolute atomic E-state index is 19.3. The van der Waals surface area contributed by atoms with Crippen LogP contribution in [0.1, 0.15) is 63.9 Å². The molecule has 4 nitrogen and oxygen atoms in total. The van der Waals surface area contributed by atoms with Gasteiger partial charge in [-0.05, 0) is 187 Å². The number of anilines is 9. The van der Waals surface area contributed by atoms with Crippen molar-refractivity contribution in [2.45, 2.75) is 24.7 Å². The first kappa shape index (κ1) is 51.8. The molecule has 1 spiro atoms. The summed E-state index contributed by atoms with van der Waals surface area (Å²) in [5.41, 5.74) is 24.4. The van der Waals surface area contributed by atoms with E-state index < -0.39 is 11.2 Å². The van der Waals surface area contributed by atoms with Gasteiger partial charge < -0.3 is 14.7 Å². The quantitative estimate of drug-likeness (QED) is 0.122. The van der Waals surface area contributed by atoms with Crippen molar-refractivity contribution in [2.24, 2.45) is 0 Å².